The largest absolute Gasteiger partial charge is 0.391 e. The second-order valence-electron chi connectivity index (χ2n) is 9.41. The standard InChI is InChI=1S/C19H33NO/c1-18-8-3-4-14(18)13-6-5-12-10-16(20)17(21)11-19(12,2)15(13)7-9-18/h12-17,21H,3-11,20H2,1-2H3/t12?,13-,14?,15?,16?,17?,18?,19?/m0/s1. The molecule has 3 N–H and O–H groups in total. The Hall–Kier alpha value is -0.0800. The molecule has 4 saturated carbocycles. The van der Waals surface area contributed by atoms with Gasteiger partial charge in [0, 0.05) is 6.04 Å². The summed E-state index contributed by atoms with van der Waals surface area (Å²) in [5.74, 6) is 3.54. The Kier molecular flexibility index (Phi) is 3.25. The second-order valence-corrected chi connectivity index (χ2v) is 9.41. The number of aliphatic hydroxyl groups excluding tert-OH is 1. The molecular formula is C19H33NO. The summed E-state index contributed by atoms with van der Waals surface area (Å²) in [6.45, 7) is 5.07. The zero-order valence-electron chi connectivity index (χ0n) is 13.9. The van der Waals surface area contributed by atoms with E-state index in [1.807, 2.05) is 0 Å². The summed E-state index contributed by atoms with van der Waals surface area (Å²) in [6, 6.07) is 0.0277. The van der Waals surface area contributed by atoms with Gasteiger partial charge in [0.2, 0.25) is 0 Å². The number of hydrogen-bond donors (Lipinski definition) is 2. The highest BCUT2D eigenvalue weighted by Gasteiger charge is 2.58. The lowest BCUT2D eigenvalue weighted by Crippen LogP contribution is -2.57. The molecule has 4 aliphatic rings. The summed E-state index contributed by atoms with van der Waals surface area (Å²) >= 11 is 0. The van der Waals surface area contributed by atoms with Crippen molar-refractivity contribution in [2.75, 3.05) is 0 Å². The maximum absolute atomic E-state index is 10.4. The fraction of sp³-hybridized carbons (Fsp3) is 1.00. The van der Waals surface area contributed by atoms with Crippen LogP contribution in [0.5, 0.6) is 0 Å². The van der Waals surface area contributed by atoms with Crippen molar-refractivity contribution < 1.29 is 5.11 Å². The van der Waals surface area contributed by atoms with Gasteiger partial charge in [0.25, 0.3) is 0 Å². The van der Waals surface area contributed by atoms with Gasteiger partial charge in [0.05, 0.1) is 6.10 Å². The molecule has 120 valence electrons. The predicted molar refractivity (Wildman–Crippen MR) is 85.7 cm³/mol. The van der Waals surface area contributed by atoms with Crippen LogP contribution in [0.2, 0.25) is 0 Å². The maximum Gasteiger partial charge on any atom is 0.0696 e. The summed E-state index contributed by atoms with van der Waals surface area (Å²) in [7, 11) is 0. The average Bonchev–Trinajstić information content (AvgIpc) is 2.82. The van der Waals surface area contributed by atoms with Crippen molar-refractivity contribution in [1.82, 2.24) is 0 Å². The number of rotatable bonds is 0. The number of fused-ring (bicyclic) bond motifs is 5. The molecule has 2 heteroatoms. The Morgan fingerprint density at radius 1 is 1.00 bits per heavy atom. The molecule has 0 heterocycles. The quantitative estimate of drug-likeness (QED) is 0.714. The maximum atomic E-state index is 10.4. The monoisotopic (exact) mass is 291 g/mol. The molecule has 0 aromatic carbocycles. The van der Waals surface area contributed by atoms with Crippen molar-refractivity contribution in [3.8, 4) is 0 Å². The van der Waals surface area contributed by atoms with Gasteiger partial charge in [0.1, 0.15) is 0 Å². The normalized spacial score (nSPS) is 60.0. The SMILES string of the molecule is CC12CCCC1[C@@H]1CCC3CC(N)C(O)CC3(C)C1CC2. The van der Waals surface area contributed by atoms with Crippen LogP contribution >= 0.6 is 0 Å². The van der Waals surface area contributed by atoms with E-state index in [2.05, 4.69) is 13.8 Å². The van der Waals surface area contributed by atoms with E-state index in [9.17, 15) is 5.11 Å². The Morgan fingerprint density at radius 2 is 1.81 bits per heavy atom. The van der Waals surface area contributed by atoms with E-state index in [0.29, 0.717) is 10.8 Å². The summed E-state index contributed by atoms with van der Waals surface area (Å²) in [5.41, 5.74) is 7.18. The lowest BCUT2D eigenvalue weighted by Gasteiger charge is -2.61. The van der Waals surface area contributed by atoms with Crippen molar-refractivity contribution in [3.63, 3.8) is 0 Å². The molecule has 0 amide bonds. The third kappa shape index (κ3) is 1.97. The predicted octanol–water partition coefficient (Wildman–Crippen LogP) is 3.72. The van der Waals surface area contributed by atoms with Crippen molar-refractivity contribution in [3.05, 3.63) is 0 Å². The number of hydrogen-bond acceptors (Lipinski definition) is 2. The molecule has 0 spiro atoms. The van der Waals surface area contributed by atoms with Crippen LogP contribution in [0.3, 0.4) is 0 Å². The molecule has 0 bridgehead atoms. The molecule has 7 unspecified atom stereocenters. The number of aliphatic hydroxyl groups is 1. The van der Waals surface area contributed by atoms with Crippen molar-refractivity contribution >= 4 is 0 Å². The highest BCUT2D eigenvalue weighted by atomic mass is 16.3. The first-order chi connectivity index (χ1) is 9.94. The molecule has 21 heavy (non-hydrogen) atoms. The minimum Gasteiger partial charge on any atom is -0.391 e. The molecule has 0 radical (unpaired) electrons. The minimum absolute atomic E-state index is 0.0277. The summed E-state index contributed by atoms with van der Waals surface area (Å²) in [4.78, 5) is 0. The first-order valence-electron chi connectivity index (χ1n) is 9.38. The van der Waals surface area contributed by atoms with Gasteiger partial charge in [-0.2, -0.15) is 0 Å². The van der Waals surface area contributed by atoms with Gasteiger partial charge < -0.3 is 10.8 Å². The van der Waals surface area contributed by atoms with E-state index >= 15 is 0 Å². The Bertz CT molecular complexity index is 424. The van der Waals surface area contributed by atoms with E-state index in [1.54, 1.807) is 0 Å². The van der Waals surface area contributed by atoms with Crippen LogP contribution in [0.25, 0.3) is 0 Å². The fourth-order valence-electron chi connectivity index (χ4n) is 7.32. The van der Waals surface area contributed by atoms with Crippen LogP contribution in [0, 0.1) is 34.5 Å². The summed E-state index contributed by atoms with van der Waals surface area (Å²) < 4.78 is 0. The minimum atomic E-state index is -0.262. The van der Waals surface area contributed by atoms with Crippen molar-refractivity contribution in [2.45, 2.75) is 83.8 Å². The zero-order valence-corrected chi connectivity index (χ0v) is 13.9. The molecule has 0 saturated heterocycles. The molecule has 4 aliphatic carbocycles. The molecule has 0 aliphatic heterocycles. The third-order valence-electron chi connectivity index (χ3n) is 8.55. The number of nitrogens with two attached hydrogens (primary N) is 1. The van der Waals surface area contributed by atoms with Crippen molar-refractivity contribution in [2.24, 2.45) is 40.2 Å². The van der Waals surface area contributed by atoms with Crippen LogP contribution < -0.4 is 5.73 Å². The van der Waals surface area contributed by atoms with Crippen LogP contribution in [0.4, 0.5) is 0 Å². The van der Waals surface area contributed by atoms with Gasteiger partial charge in [-0.15, -0.1) is 0 Å². The summed E-state index contributed by atoms with van der Waals surface area (Å²) in [6.07, 6.45) is 11.8. The Balaban J connectivity index is 1.63. The third-order valence-corrected chi connectivity index (χ3v) is 8.55. The van der Waals surface area contributed by atoms with E-state index in [4.69, 9.17) is 5.73 Å². The van der Waals surface area contributed by atoms with Crippen LogP contribution in [-0.4, -0.2) is 17.3 Å². The highest BCUT2D eigenvalue weighted by Crippen LogP contribution is 2.66. The molecular weight excluding hydrogens is 258 g/mol. The topological polar surface area (TPSA) is 46.2 Å². The van der Waals surface area contributed by atoms with E-state index in [-0.39, 0.29) is 12.1 Å². The highest BCUT2D eigenvalue weighted by molar-refractivity contribution is 5.08. The first kappa shape index (κ1) is 14.5. The van der Waals surface area contributed by atoms with Gasteiger partial charge in [-0.3, -0.25) is 0 Å². The van der Waals surface area contributed by atoms with Crippen molar-refractivity contribution in [1.29, 1.82) is 0 Å². The van der Waals surface area contributed by atoms with Crippen LogP contribution in [0.15, 0.2) is 0 Å². The van der Waals surface area contributed by atoms with Crippen LogP contribution in [-0.2, 0) is 0 Å². The fourth-order valence-corrected chi connectivity index (χ4v) is 7.32. The van der Waals surface area contributed by atoms with E-state index < -0.39 is 0 Å². The van der Waals surface area contributed by atoms with Gasteiger partial charge in [-0.1, -0.05) is 20.3 Å². The van der Waals surface area contributed by atoms with Gasteiger partial charge in [-0.05, 0) is 85.9 Å². The Morgan fingerprint density at radius 3 is 2.62 bits per heavy atom. The zero-order chi connectivity index (χ0) is 14.8. The van der Waals surface area contributed by atoms with E-state index in [0.717, 1.165) is 36.5 Å². The molecule has 4 rings (SSSR count). The lowest BCUT2D eigenvalue weighted by molar-refractivity contribution is -0.129. The lowest BCUT2D eigenvalue weighted by atomic mass is 9.45. The van der Waals surface area contributed by atoms with Gasteiger partial charge in [0.15, 0.2) is 0 Å². The van der Waals surface area contributed by atoms with Gasteiger partial charge in [-0.25, -0.2) is 0 Å². The molecule has 0 aromatic rings. The molecule has 0 aromatic heterocycles. The smallest absolute Gasteiger partial charge is 0.0696 e. The first-order valence-corrected chi connectivity index (χ1v) is 9.38. The van der Waals surface area contributed by atoms with E-state index in [1.165, 1.54) is 44.9 Å². The second kappa shape index (κ2) is 4.71. The molecule has 4 fully saturated rings. The molecule has 8 atom stereocenters. The average molecular weight is 291 g/mol. The summed E-state index contributed by atoms with van der Waals surface area (Å²) in [5, 5.41) is 10.4. The van der Waals surface area contributed by atoms with Gasteiger partial charge >= 0.3 is 0 Å². The van der Waals surface area contributed by atoms with Crippen LogP contribution in [0.1, 0.15) is 71.6 Å². The molecule has 2 nitrogen and oxygen atoms in total. The Labute approximate surface area is 129 Å².